The van der Waals surface area contributed by atoms with Gasteiger partial charge in [-0.3, -0.25) is 4.79 Å². The molecule has 2 aliphatic rings. The summed E-state index contributed by atoms with van der Waals surface area (Å²) in [5.74, 6) is 0.899. The number of hydrogen-bond acceptors (Lipinski definition) is 6. The predicted molar refractivity (Wildman–Crippen MR) is 105 cm³/mol. The van der Waals surface area contributed by atoms with E-state index in [0.717, 1.165) is 18.6 Å². The Hall–Kier alpha value is -0.610. The van der Waals surface area contributed by atoms with Gasteiger partial charge in [-0.05, 0) is 43.4 Å². The largest absolute Gasteiger partial charge is 0.370 e. The number of carbonyl (C=O) groups excluding carboxylic acids is 1. The van der Waals surface area contributed by atoms with Crippen molar-refractivity contribution in [3.63, 3.8) is 0 Å². The molecule has 1 spiro atoms. The van der Waals surface area contributed by atoms with Gasteiger partial charge in [-0.15, -0.1) is 11.3 Å². The lowest BCUT2D eigenvalue weighted by molar-refractivity contribution is -0.122. The van der Waals surface area contributed by atoms with Crippen molar-refractivity contribution in [3.8, 4) is 0 Å². The number of hydrogen-bond donors (Lipinski definition) is 1. The molecule has 2 aliphatic heterocycles. The van der Waals surface area contributed by atoms with Gasteiger partial charge in [0.15, 0.2) is 0 Å². The Morgan fingerprint density at radius 2 is 2.19 bits per heavy atom. The zero-order chi connectivity index (χ0) is 18.6. The highest BCUT2D eigenvalue weighted by molar-refractivity contribution is 7.98. The summed E-state index contributed by atoms with van der Waals surface area (Å²) in [7, 11) is -3.37. The highest BCUT2D eigenvalue weighted by atomic mass is 32.2. The minimum Gasteiger partial charge on any atom is -0.370 e. The number of nitrogens with one attached hydrogen (secondary N) is 1. The zero-order valence-electron chi connectivity index (χ0n) is 15.0. The summed E-state index contributed by atoms with van der Waals surface area (Å²) in [4.78, 5) is 11.7. The van der Waals surface area contributed by atoms with Crippen molar-refractivity contribution in [1.29, 1.82) is 0 Å². The second kappa shape index (κ2) is 8.60. The average Bonchev–Trinajstić information content (AvgIpc) is 3.30. The van der Waals surface area contributed by atoms with Crippen molar-refractivity contribution in [2.45, 2.75) is 48.0 Å². The van der Waals surface area contributed by atoms with Crippen LogP contribution in [0.25, 0.3) is 0 Å². The number of amides is 1. The first kappa shape index (κ1) is 20.1. The minimum absolute atomic E-state index is 0.0358. The van der Waals surface area contributed by atoms with E-state index in [1.807, 2.05) is 6.26 Å². The maximum Gasteiger partial charge on any atom is 0.252 e. The third-order valence-corrected chi connectivity index (χ3v) is 9.01. The van der Waals surface area contributed by atoms with Gasteiger partial charge in [0.1, 0.15) is 4.21 Å². The van der Waals surface area contributed by atoms with Crippen molar-refractivity contribution < 1.29 is 17.9 Å². The maximum atomic E-state index is 12.6. The third kappa shape index (κ3) is 4.62. The molecule has 146 valence electrons. The fourth-order valence-electron chi connectivity index (χ4n) is 3.59. The molecule has 1 amide bonds. The maximum absolute atomic E-state index is 12.6. The van der Waals surface area contributed by atoms with Crippen LogP contribution in [0.15, 0.2) is 21.7 Å². The molecule has 1 aromatic rings. The van der Waals surface area contributed by atoms with Crippen LogP contribution in [0, 0.1) is 0 Å². The molecule has 6 nitrogen and oxygen atoms in total. The third-order valence-electron chi connectivity index (χ3n) is 5.12. The molecule has 0 bridgehead atoms. The van der Waals surface area contributed by atoms with E-state index >= 15 is 0 Å². The van der Waals surface area contributed by atoms with Gasteiger partial charge in [0.2, 0.25) is 5.91 Å². The smallest absolute Gasteiger partial charge is 0.252 e. The molecule has 0 aliphatic carbocycles. The van der Waals surface area contributed by atoms with Gasteiger partial charge in [0, 0.05) is 31.8 Å². The first-order valence-electron chi connectivity index (χ1n) is 8.92. The Labute approximate surface area is 163 Å². The SMILES string of the molecule is CSCCC(=O)NC[C@@H]1CCC2(CCN(S(=O)(=O)c3cccs3)CC2)O1. The summed E-state index contributed by atoms with van der Waals surface area (Å²) in [6, 6.07) is 3.42. The molecular formula is C17H26N2O4S3. The number of nitrogens with zero attached hydrogens (tertiary/aromatic N) is 1. The van der Waals surface area contributed by atoms with Gasteiger partial charge in [-0.2, -0.15) is 16.1 Å². The van der Waals surface area contributed by atoms with Crippen LogP contribution < -0.4 is 5.32 Å². The number of thiophene rings is 1. The lowest BCUT2D eigenvalue weighted by atomic mass is 9.89. The number of ether oxygens (including phenoxy) is 1. The topological polar surface area (TPSA) is 75.7 Å². The molecule has 26 heavy (non-hydrogen) atoms. The van der Waals surface area contributed by atoms with Crippen molar-refractivity contribution >= 4 is 39.0 Å². The first-order valence-corrected chi connectivity index (χ1v) is 12.6. The molecule has 2 fully saturated rings. The van der Waals surface area contributed by atoms with E-state index in [4.69, 9.17) is 4.74 Å². The average molecular weight is 419 g/mol. The fourth-order valence-corrected chi connectivity index (χ4v) is 6.56. The highest BCUT2D eigenvalue weighted by Crippen LogP contribution is 2.40. The molecule has 0 radical (unpaired) electrons. The number of rotatable bonds is 7. The van der Waals surface area contributed by atoms with Crippen LogP contribution in [0.5, 0.6) is 0 Å². The monoisotopic (exact) mass is 418 g/mol. The van der Waals surface area contributed by atoms with E-state index in [1.165, 1.54) is 11.3 Å². The number of thioether (sulfide) groups is 1. The Bertz CT molecular complexity index is 698. The summed E-state index contributed by atoms with van der Waals surface area (Å²) < 4.78 is 33.5. The van der Waals surface area contributed by atoms with E-state index in [2.05, 4.69) is 5.32 Å². The summed E-state index contributed by atoms with van der Waals surface area (Å²) in [5, 5.41) is 4.74. The molecule has 1 atom stereocenters. The van der Waals surface area contributed by atoms with E-state index in [1.54, 1.807) is 33.6 Å². The van der Waals surface area contributed by atoms with Gasteiger partial charge < -0.3 is 10.1 Å². The standard InChI is InChI=1S/C17H26N2O4S3/c1-24-12-5-15(20)18-13-14-4-6-17(23-14)7-9-19(10-8-17)26(21,22)16-3-2-11-25-16/h2-3,11,14H,4-10,12-13H2,1H3,(H,18,20)/t14-/m0/s1. The quantitative estimate of drug-likeness (QED) is 0.735. The Morgan fingerprint density at radius 3 is 2.85 bits per heavy atom. The van der Waals surface area contributed by atoms with Gasteiger partial charge >= 0.3 is 0 Å². The molecule has 1 aromatic heterocycles. The van der Waals surface area contributed by atoms with Crippen LogP contribution in [-0.4, -0.2) is 62.0 Å². The van der Waals surface area contributed by atoms with Gasteiger partial charge in [-0.1, -0.05) is 6.07 Å². The fraction of sp³-hybridized carbons (Fsp3) is 0.706. The van der Waals surface area contributed by atoms with E-state index in [9.17, 15) is 13.2 Å². The molecule has 0 unspecified atom stereocenters. The van der Waals surface area contributed by atoms with Crippen molar-refractivity contribution in [1.82, 2.24) is 9.62 Å². The van der Waals surface area contributed by atoms with Crippen LogP contribution in [0.3, 0.4) is 0 Å². The van der Waals surface area contributed by atoms with Crippen LogP contribution in [0.2, 0.25) is 0 Å². The van der Waals surface area contributed by atoms with Crippen LogP contribution >= 0.6 is 23.1 Å². The highest BCUT2D eigenvalue weighted by Gasteiger charge is 2.44. The summed E-state index contributed by atoms with van der Waals surface area (Å²) in [6.07, 6.45) is 5.85. The summed E-state index contributed by atoms with van der Waals surface area (Å²) >= 11 is 2.92. The minimum atomic E-state index is -3.37. The van der Waals surface area contributed by atoms with Gasteiger partial charge in [-0.25, -0.2) is 8.42 Å². The second-order valence-corrected chi connectivity index (χ2v) is 10.9. The van der Waals surface area contributed by atoms with Crippen molar-refractivity contribution in [2.75, 3.05) is 31.6 Å². The Kier molecular flexibility index (Phi) is 6.66. The van der Waals surface area contributed by atoms with Crippen LogP contribution in [0.1, 0.15) is 32.1 Å². The zero-order valence-corrected chi connectivity index (χ0v) is 17.4. The predicted octanol–water partition coefficient (Wildman–Crippen LogP) is 2.32. The number of carbonyl (C=O) groups is 1. The molecule has 9 heteroatoms. The van der Waals surface area contributed by atoms with Crippen LogP contribution in [0.4, 0.5) is 0 Å². The van der Waals surface area contributed by atoms with Crippen LogP contribution in [-0.2, 0) is 19.6 Å². The lowest BCUT2D eigenvalue weighted by Gasteiger charge is -2.38. The normalized spacial score (nSPS) is 23.3. The summed E-state index contributed by atoms with van der Waals surface area (Å²) in [6.45, 7) is 1.53. The van der Waals surface area contributed by atoms with E-state index < -0.39 is 10.0 Å². The molecule has 0 aromatic carbocycles. The lowest BCUT2D eigenvalue weighted by Crippen LogP contribution is -2.47. The number of sulfonamides is 1. The van der Waals surface area contributed by atoms with Gasteiger partial charge in [0.25, 0.3) is 10.0 Å². The van der Waals surface area contributed by atoms with Crippen molar-refractivity contribution in [2.24, 2.45) is 0 Å². The Balaban J connectivity index is 1.48. The Morgan fingerprint density at radius 1 is 1.42 bits per heavy atom. The molecule has 1 N–H and O–H groups in total. The van der Waals surface area contributed by atoms with E-state index in [-0.39, 0.29) is 17.6 Å². The number of piperidine rings is 1. The molecule has 2 saturated heterocycles. The molecule has 3 rings (SSSR count). The second-order valence-electron chi connectivity index (χ2n) is 6.84. The molecule has 0 saturated carbocycles. The van der Waals surface area contributed by atoms with Crippen molar-refractivity contribution in [3.05, 3.63) is 17.5 Å². The van der Waals surface area contributed by atoms with Gasteiger partial charge in [0.05, 0.1) is 11.7 Å². The first-order chi connectivity index (χ1) is 12.5. The molecule has 3 heterocycles. The molecular weight excluding hydrogens is 392 g/mol. The van der Waals surface area contributed by atoms with E-state index in [0.29, 0.717) is 43.1 Å². The summed E-state index contributed by atoms with van der Waals surface area (Å²) in [5.41, 5.74) is -0.226.